The van der Waals surface area contributed by atoms with Gasteiger partial charge in [0, 0.05) is 5.56 Å². The lowest BCUT2D eigenvalue weighted by Gasteiger charge is -2.10. The average molecular weight is 331 g/mol. The number of hydrogen-bond donors (Lipinski definition) is 3. The smallest absolute Gasteiger partial charge is 0.336 e. The molecule has 5 N–H and O–H groups in total. The number of nitriles is 1. The van der Waals surface area contributed by atoms with Gasteiger partial charge in [0.2, 0.25) is 5.95 Å². The first-order valence-electron chi connectivity index (χ1n) is 7.27. The molecular formula is C18H13N5O2. The molecule has 2 aromatic carbocycles. The third-order valence-corrected chi connectivity index (χ3v) is 3.67. The van der Waals surface area contributed by atoms with Gasteiger partial charge in [-0.1, -0.05) is 36.4 Å². The molecule has 0 fully saturated rings. The van der Waals surface area contributed by atoms with Gasteiger partial charge >= 0.3 is 5.97 Å². The first-order chi connectivity index (χ1) is 12.0. The van der Waals surface area contributed by atoms with Gasteiger partial charge in [-0.2, -0.15) is 10.2 Å². The summed E-state index contributed by atoms with van der Waals surface area (Å²) in [6, 6.07) is 15.7. The van der Waals surface area contributed by atoms with Crippen molar-refractivity contribution < 1.29 is 9.90 Å². The van der Waals surface area contributed by atoms with Crippen LogP contribution in [-0.2, 0) is 0 Å². The summed E-state index contributed by atoms with van der Waals surface area (Å²) in [7, 11) is 0. The van der Waals surface area contributed by atoms with Gasteiger partial charge in [0.15, 0.2) is 0 Å². The van der Waals surface area contributed by atoms with Crippen LogP contribution in [0.15, 0.2) is 48.5 Å². The van der Waals surface area contributed by atoms with Crippen molar-refractivity contribution in [2.24, 2.45) is 0 Å². The van der Waals surface area contributed by atoms with Crippen LogP contribution in [0.1, 0.15) is 15.9 Å². The molecule has 25 heavy (non-hydrogen) atoms. The predicted molar refractivity (Wildman–Crippen MR) is 93.4 cm³/mol. The number of carboxylic acid groups (broad SMARTS) is 1. The van der Waals surface area contributed by atoms with E-state index >= 15 is 0 Å². The number of nitrogens with two attached hydrogens (primary N) is 2. The lowest BCUT2D eigenvalue weighted by Crippen LogP contribution is -2.05. The Labute approximate surface area is 143 Å². The number of nitrogen functional groups attached to an aromatic ring is 2. The molecular weight excluding hydrogens is 318 g/mol. The molecule has 0 amide bonds. The van der Waals surface area contributed by atoms with Crippen molar-refractivity contribution in [2.75, 3.05) is 11.5 Å². The number of aromatic carboxylic acids is 1. The Bertz CT molecular complexity index is 1020. The van der Waals surface area contributed by atoms with Crippen molar-refractivity contribution in [3.8, 4) is 28.5 Å². The van der Waals surface area contributed by atoms with Gasteiger partial charge in [-0.3, -0.25) is 0 Å². The van der Waals surface area contributed by atoms with Crippen LogP contribution in [0.2, 0.25) is 0 Å². The zero-order valence-corrected chi connectivity index (χ0v) is 13.0. The fourth-order valence-electron chi connectivity index (χ4n) is 2.57. The van der Waals surface area contributed by atoms with E-state index in [4.69, 9.17) is 11.5 Å². The van der Waals surface area contributed by atoms with Crippen LogP contribution in [0.5, 0.6) is 0 Å². The molecule has 0 bridgehead atoms. The van der Waals surface area contributed by atoms with Crippen LogP contribution >= 0.6 is 0 Å². The molecule has 0 aliphatic carbocycles. The summed E-state index contributed by atoms with van der Waals surface area (Å²) in [5, 5.41) is 18.7. The molecule has 0 aliphatic heterocycles. The van der Waals surface area contributed by atoms with E-state index in [0.29, 0.717) is 22.4 Å². The van der Waals surface area contributed by atoms with E-state index in [2.05, 4.69) is 9.97 Å². The van der Waals surface area contributed by atoms with Crippen LogP contribution in [0.4, 0.5) is 11.8 Å². The maximum Gasteiger partial charge on any atom is 0.336 e. The van der Waals surface area contributed by atoms with Crippen molar-refractivity contribution in [3.63, 3.8) is 0 Å². The molecule has 0 radical (unpaired) electrons. The van der Waals surface area contributed by atoms with E-state index in [1.807, 2.05) is 6.07 Å². The van der Waals surface area contributed by atoms with Gasteiger partial charge in [0.1, 0.15) is 17.5 Å². The zero-order chi connectivity index (χ0) is 18.0. The zero-order valence-electron chi connectivity index (χ0n) is 13.0. The minimum absolute atomic E-state index is 0.00124. The SMILES string of the molecule is N#Cc1c(N)nc(N)nc1-c1cccc(-c2ccccc2C(=O)O)c1. The van der Waals surface area contributed by atoms with Crippen LogP contribution in [0, 0.1) is 11.3 Å². The van der Waals surface area contributed by atoms with E-state index in [0.717, 1.165) is 0 Å². The molecule has 1 aromatic heterocycles. The standard InChI is InChI=1S/C18H13N5O2/c19-9-14-15(22-18(21)23-16(14)20)11-5-3-4-10(8-11)12-6-1-2-7-13(12)17(24)25/h1-8H,(H,24,25)(H4,20,21,22,23). The summed E-state index contributed by atoms with van der Waals surface area (Å²) in [5.41, 5.74) is 13.8. The lowest BCUT2D eigenvalue weighted by molar-refractivity contribution is 0.0697. The Hall–Kier alpha value is -3.92. The van der Waals surface area contributed by atoms with Crippen LogP contribution < -0.4 is 11.5 Å². The number of carboxylic acids is 1. The monoisotopic (exact) mass is 331 g/mol. The second kappa shape index (κ2) is 6.29. The van der Waals surface area contributed by atoms with Gasteiger partial charge in [0.25, 0.3) is 0 Å². The minimum Gasteiger partial charge on any atom is -0.478 e. The summed E-state index contributed by atoms with van der Waals surface area (Å²) in [5.74, 6) is -1.06. The van der Waals surface area contributed by atoms with Gasteiger partial charge in [-0.05, 0) is 23.3 Å². The predicted octanol–water partition coefficient (Wildman–Crippen LogP) is 2.54. The van der Waals surface area contributed by atoms with Crippen LogP contribution in [0.25, 0.3) is 22.4 Å². The van der Waals surface area contributed by atoms with Crippen molar-refractivity contribution in [1.82, 2.24) is 9.97 Å². The summed E-state index contributed by atoms with van der Waals surface area (Å²) in [6.07, 6.45) is 0. The second-order valence-electron chi connectivity index (χ2n) is 5.23. The molecule has 0 saturated carbocycles. The van der Waals surface area contributed by atoms with Gasteiger partial charge in [0.05, 0.1) is 11.3 Å². The number of rotatable bonds is 3. The molecule has 0 atom stereocenters. The van der Waals surface area contributed by atoms with Gasteiger partial charge in [-0.25, -0.2) is 9.78 Å². The molecule has 7 heteroatoms. The maximum atomic E-state index is 11.4. The molecule has 0 spiro atoms. The van der Waals surface area contributed by atoms with Crippen LogP contribution in [-0.4, -0.2) is 21.0 Å². The molecule has 3 rings (SSSR count). The molecule has 0 saturated heterocycles. The number of anilines is 2. The number of benzene rings is 2. The minimum atomic E-state index is -1.02. The highest BCUT2D eigenvalue weighted by molar-refractivity contribution is 5.96. The summed E-state index contributed by atoms with van der Waals surface area (Å²) < 4.78 is 0. The highest BCUT2D eigenvalue weighted by Gasteiger charge is 2.15. The Balaban J connectivity index is 2.20. The molecule has 0 unspecified atom stereocenters. The third-order valence-electron chi connectivity index (χ3n) is 3.67. The number of hydrogen-bond acceptors (Lipinski definition) is 6. The largest absolute Gasteiger partial charge is 0.478 e. The molecule has 7 nitrogen and oxygen atoms in total. The van der Waals surface area contributed by atoms with E-state index in [9.17, 15) is 15.2 Å². The van der Waals surface area contributed by atoms with E-state index in [1.165, 1.54) is 6.07 Å². The molecule has 122 valence electrons. The van der Waals surface area contributed by atoms with Crippen molar-refractivity contribution >= 4 is 17.7 Å². The fourth-order valence-corrected chi connectivity index (χ4v) is 2.57. The first-order valence-corrected chi connectivity index (χ1v) is 7.27. The quantitative estimate of drug-likeness (QED) is 0.670. The fraction of sp³-hybridized carbons (Fsp3) is 0. The third kappa shape index (κ3) is 2.96. The normalized spacial score (nSPS) is 10.2. The first kappa shape index (κ1) is 16.0. The van der Waals surface area contributed by atoms with E-state index in [-0.39, 0.29) is 22.9 Å². The van der Waals surface area contributed by atoms with Gasteiger partial charge < -0.3 is 16.6 Å². The lowest BCUT2D eigenvalue weighted by atomic mass is 9.96. The highest BCUT2D eigenvalue weighted by Crippen LogP contribution is 2.30. The summed E-state index contributed by atoms with van der Waals surface area (Å²) in [4.78, 5) is 19.4. The van der Waals surface area contributed by atoms with E-state index < -0.39 is 5.97 Å². The number of nitrogens with zero attached hydrogens (tertiary/aromatic N) is 3. The van der Waals surface area contributed by atoms with Gasteiger partial charge in [-0.15, -0.1) is 0 Å². The Morgan fingerprint density at radius 2 is 1.76 bits per heavy atom. The Morgan fingerprint density at radius 3 is 2.48 bits per heavy atom. The maximum absolute atomic E-state index is 11.4. The van der Waals surface area contributed by atoms with Crippen molar-refractivity contribution in [3.05, 3.63) is 59.7 Å². The topological polar surface area (TPSA) is 139 Å². The average Bonchev–Trinajstić information content (AvgIpc) is 2.61. The number of aromatic nitrogens is 2. The van der Waals surface area contributed by atoms with Crippen molar-refractivity contribution in [1.29, 1.82) is 5.26 Å². The Morgan fingerprint density at radius 1 is 1.04 bits per heavy atom. The Kier molecular flexibility index (Phi) is 4.02. The summed E-state index contributed by atoms with van der Waals surface area (Å²) in [6.45, 7) is 0. The molecule has 1 heterocycles. The van der Waals surface area contributed by atoms with Crippen LogP contribution in [0.3, 0.4) is 0 Å². The van der Waals surface area contributed by atoms with E-state index in [1.54, 1.807) is 42.5 Å². The molecule has 0 aliphatic rings. The second-order valence-corrected chi connectivity index (χ2v) is 5.23. The highest BCUT2D eigenvalue weighted by atomic mass is 16.4. The van der Waals surface area contributed by atoms with Crippen molar-refractivity contribution in [2.45, 2.75) is 0 Å². The molecule has 3 aromatic rings. The summed E-state index contributed by atoms with van der Waals surface area (Å²) >= 11 is 0. The number of carbonyl (C=O) groups is 1.